The Balaban J connectivity index is 2.32. The second-order valence-electron chi connectivity index (χ2n) is 5.01. The summed E-state index contributed by atoms with van der Waals surface area (Å²) < 4.78 is 4.77. The lowest BCUT2D eigenvalue weighted by Crippen LogP contribution is -2.15. The van der Waals surface area contributed by atoms with Gasteiger partial charge >= 0.3 is 11.9 Å². The van der Waals surface area contributed by atoms with Crippen molar-refractivity contribution in [3.05, 3.63) is 47.5 Å². The lowest BCUT2D eigenvalue weighted by Gasteiger charge is -2.15. The summed E-state index contributed by atoms with van der Waals surface area (Å²) in [6.07, 6.45) is 3.30. The van der Waals surface area contributed by atoms with E-state index in [9.17, 15) is 14.7 Å². The Morgan fingerprint density at radius 2 is 1.95 bits per heavy atom. The van der Waals surface area contributed by atoms with Crippen LogP contribution in [0.5, 0.6) is 0 Å². The molecule has 0 spiro atoms. The van der Waals surface area contributed by atoms with Crippen molar-refractivity contribution in [1.82, 2.24) is 0 Å². The standard InChI is InChI=1S/C16H18O4/c1-20-16(19)13-8-7-12(15(17)18)9-14(10-13)11-5-3-2-4-6-11/h2-6,10,12,14H,7-9H2,1H3,(H,17,18)/t12-,14-/m1/s1. The molecule has 2 rings (SSSR count). The number of carbonyl (C=O) groups is 2. The number of carboxylic acids is 1. The van der Waals surface area contributed by atoms with Crippen LogP contribution in [0.2, 0.25) is 0 Å². The first kappa shape index (κ1) is 14.3. The van der Waals surface area contributed by atoms with Gasteiger partial charge in [0.2, 0.25) is 0 Å². The first-order valence-electron chi connectivity index (χ1n) is 6.68. The number of carboxylic acid groups (broad SMARTS) is 1. The van der Waals surface area contributed by atoms with Crippen molar-refractivity contribution in [3.63, 3.8) is 0 Å². The van der Waals surface area contributed by atoms with E-state index in [-0.39, 0.29) is 11.9 Å². The number of methoxy groups -OCH3 is 1. The Morgan fingerprint density at radius 3 is 2.55 bits per heavy atom. The van der Waals surface area contributed by atoms with Gasteiger partial charge < -0.3 is 9.84 Å². The van der Waals surface area contributed by atoms with Gasteiger partial charge in [0, 0.05) is 11.5 Å². The summed E-state index contributed by atoms with van der Waals surface area (Å²) in [5.41, 5.74) is 1.60. The SMILES string of the molecule is COC(=O)C1=C[C@H](c2ccccc2)C[C@H](C(=O)O)CC1. The highest BCUT2D eigenvalue weighted by atomic mass is 16.5. The van der Waals surface area contributed by atoms with Gasteiger partial charge in [-0.3, -0.25) is 4.79 Å². The molecule has 4 nitrogen and oxygen atoms in total. The Hall–Kier alpha value is -2.10. The first-order chi connectivity index (χ1) is 9.61. The molecule has 106 valence electrons. The van der Waals surface area contributed by atoms with Crippen molar-refractivity contribution in [3.8, 4) is 0 Å². The van der Waals surface area contributed by atoms with Gasteiger partial charge in [0.25, 0.3) is 0 Å². The maximum Gasteiger partial charge on any atom is 0.333 e. The highest BCUT2D eigenvalue weighted by Gasteiger charge is 2.28. The molecule has 0 aromatic heterocycles. The molecule has 1 aromatic rings. The first-order valence-corrected chi connectivity index (χ1v) is 6.68. The minimum absolute atomic E-state index is 0.0612. The van der Waals surface area contributed by atoms with E-state index in [4.69, 9.17) is 4.74 Å². The van der Waals surface area contributed by atoms with E-state index in [1.165, 1.54) is 7.11 Å². The Bertz CT molecular complexity index is 519. The van der Waals surface area contributed by atoms with Crippen molar-refractivity contribution in [2.24, 2.45) is 5.92 Å². The van der Waals surface area contributed by atoms with Gasteiger partial charge in [-0.05, 0) is 24.8 Å². The molecule has 1 N–H and O–H groups in total. The van der Waals surface area contributed by atoms with Crippen molar-refractivity contribution in [2.75, 3.05) is 7.11 Å². The third kappa shape index (κ3) is 3.26. The highest BCUT2D eigenvalue weighted by Crippen LogP contribution is 2.33. The Kier molecular flexibility index (Phi) is 4.56. The van der Waals surface area contributed by atoms with E-state index in [1.54, 1.807) is 0 Å². The van der Waals surface area contributed by atoms with Crippen molar-refractivity contribution >= 4 is 11.9 Å². The quantitative estimate of drug-likeness (QED) is 0.861. The molecule has 1 aliphatic carbocycles. The summed E-state index contributed by atoms with van der Waals surface area (Å²) in [6.45, 7) is 0. The number of esters is 1. The third-order valence-electron chi connectivity index (χ3n) is 3.73. The number of benzene rings is 1. The molecule has 0 unspecified atom stereocenters. The number of allylic oxidation sites excluding steroid dienone is 1. The van der Waals surface area contributed by atoms with Gasteiger partial charge in [-0.2, -0.15) is 0 Å². The van der Waals surface area contributed by atoms with Gasteiger partial charge in [-0.15, -0.1) is 0 Å². The maximum atomic E-state index is 11.7. The predicted octanol–water partition coefficient (Wildman–Crippen LogP) is 2.75. The monoisotopic (exact) mass is 274 g/mol. The second-order valence-corrected chi connectivity index (χ2v) is 5.01. The average molecular weight is 274 g/mol. The van der Waals surface area contributed by atoms with Gasteiger partial charge in [0.1, 0.15) is 0 Å². The zero-order valence-corrected chi connectivity index (χ0v) is 11.4. The van der Waals surface area contributed by atoms with Crippen LogP contribution in [-0.2, 0) is 14.3 Å². The fourth-order valence-corrected chi connectivity index (χ4v) is 2.61. The number of rotatable bonds is 3. The summed E-state index contributed by atoms with van der Waals surface area (Å²) in [6, 6.07) is 9.67. The van der Waals surface area contributed by atoms with E-state index < -0.39 is 11.9 Å². The van der Waals surface area contributed by atoms with E-state index in [0.717, 1.165) is 5.56 Å². The molecule has 0 amide bonds. The molecule has 1 aromatic carbocycles. The highest BCUT2D eigenvalue weighted by molar-refractivity contribution is 5.88. The van der Waals surface area contributed by atoms with Crippen LogP contribution in [0.1, 0.15) is 30.7 Å². The zero-order valence-electron chi connectivity index (χ0n) is 11.4. The molecule has 0 aliphatic heterocycles. The van der Waals surface area contributed by atoms with E-state index in [1.807, 2.05) is 36.4 Å². The Morgan fingerprint density at radius 1 is 1.25 bits per heavy atom. The van der Waals surface area contributed by atoms with E-state index >= 15 is 0 Å². The number of hydrogen-bond donors (Lipinski definition) is 1. The van der Waals surface area contributed by atoms with Gasteiger partial charge in [-0.1, -0.05) is 36.4 Å². The topological polar surface area (TPSA) is 63.6 Å². The van der Waals surface area contributed by atoms with Crippen LogP contribution in [0, 0.1) is 5.92 Å². The molecule has 0 saturated heterocycles. The molecule has 0 bridgehead atoms. The molecule has 1 aliphatic rings. The zero-order chi connectivity index (χ0) is 14.5. The van der Waals surface area contributed by atoms with Crippen LogP contribution < -0.4 is 0 Å². The van der Waals surface area contributed by atoms with Crippen molar-refractivity contribution in [1.29, 1.82) is 0 Å². The lowest BCUT2D eigenvalue weighted by atomic mass is 9.89. The average Bonchev–Trinajstić information content (AvgIpc) is 2.70. The molecule has 4 heteroatoms. The van der Waals surface area contributed by atoms with Gasteiger partial charge in [-0.25, -0.2) is 4.79 Å². The molecule has 0 radical (unpaired) electrons. The summed E-state index contributed by atoms with van der Waals surface area (Å²) >= 11 is 0. The minimum Gasteiger partial charge on any atom is -0.481 e. The normalized spacial score (nSPS) is 22.6. The van der Waals surface area contributed by atoms with Crippen LogP contribution in [0.25, 0.3) is 0 Å². The fourth-order valence-electron chi connectivity index (χ4n) is 2.61. The summed E-state index contributed by atoms with van der Waals surface area (Å²) in [5.74, 6) is -1.66. The largest absolute Gasteiger partial charge is 0.481 e. The number of carbonyl (C=O) groups excluding carboxylic acids is 1. The second kappa shape index (κ2) is 6.37. The number of aliphatic carboxylic acids is 1. The molecule has 0 heterocycles. The molecule has 2 atom stereocenters. The number of ether oxygens (including phenoxy) is 1. The van der Waals surface area contributed by atoms with Crippen LogP contribution in [0.4, 0.5) is 0 Å². The smallest absolute Gasteiger partial charge is 0.333 e. The summed E-state index contributed by atoms with van der Waals surface area (Å²) in [4.78, 5) is 23.0. The fraction of sp³-hybridized carbons (Fsp3) is 0.375. The van der Waals surface area contributed by atoms with Crippen LogP contribution in [0.15, 0.2) is 42.0 Å². The van der Waals surface area contributed by atoms with E-state index in [2.05, 4.69) is 0 Å². The third-order valence-corrected chi connectivity index (χ3v) is 3.73. The van der Waals surface area contributed by atoms with Gasteiger partial charge in [0.05, 0.1) is 13.0 Å². The lowest BCUT2D eigenvalue weighted by molar-refractivity contribution is -0.142. The summed E-state index contributed by atoms with van der Waals surface area (Å²) in [5, 5.41) is 9.27. The van der Waals surface area contributed by atoms with Crippen LogP contribution in [0.3, 0.4) is 0 Å². The van der Waals surface area contributed by atoms with E-state index in [0.29, 0.717) is 24.8 Å². The van der Waals surface area contributed by atoms with Crippen molar-refractivity contribution < 1.29 is 19.4 Å². The Labute approximate surface area is 118 Å². The molecule has 0 saturated carbocycles. The predicted molar refractivity (Wildman–Crippen MR) is 74.3 cm³/mol. The molecule has 20 heavy (non-hydrogen) atoms. The maximum absolute atomic E-state index is 11.7. The summed E-state index contributed by atoms with van der Waals surface area (Å²) in [7, 11) is 1.35. The molecular weight excluding hydrogens is 256 g/mol. The molecule has 0 fully saturated rings. The minimum atomic E-state index is -0.801. The van der Waals surface area contributed by atoms with Crippen LogP contribution >= 0.6 is 0 Å². The van der Waals surface area contributed by atoms with Crippen LogP contribution in [-0.4, -0.2) is 24.2 Å². The van der Waals surface area contributed by atoms with Gasteiger partial charge in [0.15, 0.2) is 0 Å². The molecular formula is C16H18O4. The number of hydrogen-bond acceptors (Lipinski definition) is 3. The van der Waals surface area contributed by atoms with Crippen molar-refractivity contribution in [2.45, 2.75) is 25.2 Å².